The van der Waals surface area contributed by atoms with Crippen LogP contribution in [0.1, 0.15) is 18.1 Å². The van der Waals surface area contributed by atoms with E-state index in [1.165, 1.54) is 0 Å². The van der Waals surface area contributed by atoms with Gasteiger partial charge in [-0.05, 0) is 54.5 Å². The number of hydrogen-bond donors (Lipinski definition) is 2. The molecule has 2 aromatic carbocycles. The molecule has 0 aliphatic carbocycles. The van der Waals surface area contributed by atoms with Crippen molar-refractivity contribution in [3.63, 3.8) is 0 Å². The summed E-state index contributed by atoms with van der Waals surface area (Å²) in [4.78, 5) is 0. The quantitative estimate of drug-likeness (QED) is 0.446. The fraction of sp³-hybridized carbons (Fsp3) is 0.176. The van der Waals surface area contributed by atoms with Gasteiger partial charge in [-0.1, -0.05) is 40.2 Å². The first-order valence-corrected chi connectivity index (χ1v) is 8.41. The van der Waals surface area contributed by atoms with Crippen LogP contribution >= 0.6 is 28.1 Å². The van der Waals surface area contributed by atoms with Crippen LogP contribution in [0.4, 0.5) is 0 Å². The maximum atomic E-state index is 5.80. The van der Waals surface area contributed by atoms with Crippen LogP contribution < -0.4 is 15.5 Å². The molecule has 0 aromatic heterocycles. The Morgan fingerprint density at radius 3 is 2.78 bits per heavy atom. The Morgan fingerprint density at radius 2 is 2.04 bits per heavy atom. The maximum Gasteiger partial charge on any atom is 0.186 e. The van der Waals surface area contributed by atoms with Gasteiger partial charge in [0.25, 0.3) is 0 Å². The van der Waals surface area contributed by atoms with Gasteiger partial charge >= 0.3 is 0 Å². The molecule has 0 saturated heterocycles. The van der Waals surface area contributed by atoms with Crippen molar-refractivity contribution in [3.8, 4) is 5.75 Å². The molecule has 0 aliphatic rings. The van der Waals surface area contributed by atoms with E-state index in [1.807, 2.05) is 55.5 Å². The molecule has 2 aromatic rings. The summed E-state index contributed by atoms with van der Waals surface area (Å²) in [6, 6.07) is 15.8. The van der Waals surface area contributed by atoms with Crippen LogP contribution in [0, 0.1) is 0 Å². The topological polar surface area (TPSA) is 45.7 Å². The molecule has 0 spiro atoms. The standard InChI is InChI=1S/C17H18BrN3OS/c1-2-19-17(23)21-20-11-14-4-3-5-16(10-14)22-12-13-6-8-15(18)9-7-13/h3-11H,2,12H2,1H3,(H2,19,21,23)/b20-11+. The highest BCUT2D eigenvalue weighted by molar-refractivity contribution is 9.10. The molecule has 6 heteroatoms. The molecule has 0 atom stereocenters. The number of thiocarbonyl (C=S) groups is 1. The van der Waals surface area contributed by atoms with Gasteiger partial charge in [-0.3, -0.25) is 5.43 Å². The minimum atomic E-state index is 0.506. The highest BCUT2D eigenvalue weighted by atomic mass is 79.9. The Kier molecular flexibility index (Phi) is 7.03. The molecule has 2 N–H and O–H groups in total. The highest BCUT2D eigenvalue weighted by Crippen LogP contribution is 2.16. The van der Waals surface area contributed by atoms with Gasteiger partial charge < -0.3 is 10.1 Å². The van der Waals surface area contributed by atoms with Crippen molar-refractivity contribution >= 4 is 39.5 Å². The maximum absolute atomic E-state index is 5.80. The molecule has 0 aliphatic heterocycles. The van der Waals surface area contributed by atoms with Crippen molar-refractivity contribution in [2.75, 3.05) is 6.54 Å². The zero-order chi connectivity index (χ0) is 16.5. The molecule has 0 radical (unpaired) electrons. The van der Waals surface area contributed by atoms with Gasteiger partial charge in [0.1, 0.15) is 12.4 Å². The van der Waals surface area contributed by atoms with Crippen LogP contribution in [0.3, 0.4) is 0 Å². The minimum Gasteiger partial charge on any atom is -0.489 e. The van der Waals surface area contributed by atoms with E-state index in [0.29, 0.717) is 11.7 Å². The molecular formula is C17H18BrN3OS. The van der Waals surface area contributed by atoms with Gasteiger partial charge in [-0.25, -0.2) is 0 Å². The van der Waals surface area contributed by atoms with Crippen LogP contribution in [-0.2, 0) is 6.61 Å². The summed E-state index contributed by atoms with van der Waals surface area (Å²) in [5.74, 6) is 0.797. The summed E-state index contributed by atoms with van der Waals surface area (Å²) < 4.78 is 6.86. The van der Waals surface area contributed by atoms with E-state index in [0.717, 1.165) is 27.9 Å². The van der Waals surface area contributed by atoms with Gasteiger partial charge in [-0.2, -0.15) is 5.10 Å². The van der Waals surface area contributed by atoms with Gasteiger partial charge in [-0.15, -0.1) is 0 Å². The highest BCUT2D eigenvalue weighted by Gasteiger charge is 1.98. The third kappa shape index (κ3) is 6.38. The fourth-order valence-electron chi connectivity index (χ4n) is 1.80. The van der Waals surface area contributed by atoms with Crippen LogP contribution in [0.5, 0.6) is 5.75 Å². The van der Waals surface area contributed by atoms with Crippen molar-refractivity contribution in [2.45, 2.75) is 13.5 Å². The van der Waals surface area contributed by atoms with Gasteiger partial charge in [0.15, 0.2) is 5.11 Å². The number of hydrogen-bond acceptors (Lipinski definition) is 3. The third-order valence-electron chi connectivity index (χ3n) is 2.89. The van der Waals surface area contributed by atoms with E-state index < -0.39 is 0 Å². The van der Waals surface area contributed by atoms with Gasteiger partial charge in [0, 0.05) is 11.0 Å². The average Bonchev–Trinajstić information content (AvgIpc) is 2.55. The molecule has 120 valence electrons. The van der Waals surface area contributed by atoms with E-state index in [4.69, 9.17) is 17.0 Å². The summed E-state index contributed by atoms with van der Waals surface area (Å²) in [6.45, 7) is 3.27. The normalized spacial score (nSPS) is 10.5. The zero-order valence-corrected chi connectivity index (χ0v) is 15.2. The summed E-state index contributed by atoms with van der Waals surface area (Å²) in [7, 11) is 0. The van der Waals surface area contributed by atoms with Crippen molar-refractivity contribution in [3.05, 3.63) is 64.1 Å². The van der Waals surface area contributed by atoms with Crippen molar-refractivity contribution in [2.24, 2.45) is 5.10 Å². The second kappa shape index (κ2) is 9.27. The number of rotatable bonds is 6. The van der Waals surface area contributed by atoms with Crippen molar-refractivity contribution in [1.82, 2.24) is 10.7 Å². The number of ether oxygens (including phenoxy) is 1. The molecule has 0 bridgehead atoms. The van der Waals surface area contributed by atoms with Gasteiger partial charge in [0.2, 0.25) is 0 Å². The number of nitrogens with zero attached hydrogens (tertiary/aromatic N) is 1. The molecule has 0 amide bonds. The van der Waals surface area contributed by atoms with Crippen molar-refractivity contribution in [1.29, 1.82) is 0 Å². The van der Waals surface area contributed by atoms with E-state index in [1.54, 1.807) is 6.21 Å². The molecule has 0 fully saturated rings. The molecule has 0 unspecified atom stereocenters. The molecular weight excluding hydrogens is 374 g/mol. The predicted octanol–water partition coefficient (Wildman–Crippen LogP) is 3.85. The van der Waals surface area contributed by atoms with Gasteiger partial charge in [0.05, 0.1) is 6.21 Å². The smallest absolute Gasteiger partial charge is 0.186 e. The van der Waals surface area contributed by atoms with Crippen LogP contribution in [0.25, 0.3) is 0 Å². The van der Waals surface area contributed by atoms with E-state index in [2.05, 4.69) is 31.8 Å². The lowest BCUT2D eigenvalue weighted by Crippen LogP contribution is -2.31. The second-order valence-electron chi connectivity index (χ2n) is 4.72. The second-order valence-corrected chi connectivity index (χ2v) is 6.04. The number of benzene rings is 2. The molecule has 0 saturated carbocycles. The third-order valence-corrected chi connectivity index (χ3v) is 3.66. The first-order valence-electron chi connectivity index (χ1n) is 7.21. The molecule has 23 heavy (non-hydrogen) atoms. The van der Waals surface area contributed by atoms with Crippen LogP contribution in [0.15, 0.2) is 58.1 Å². The first-order chi connectivity index (χ1) is 11.2. The lowest BCUT2D eigenvalue weighted by Gasteiger charge is -2.07. The minimum absolute atomic E-state index is 0.506. The zero-order valence-electron chi connectivity index (χ0n) is 12.8. The fourth-order valence-corrected chi connectivity index (χ4v) is 2.26. The largest absolute Gasteiger partial charge is 0.489 e. The lowest BCUT2D eigenvalue weighted by atomic mass is 10.2. The SMILES string of the molecule is CCNC(=S)N/N=C/c1cccc(OCc2ccc(Br)cc2)c1. The monoisotopic (exact) mass is 391 g/mol. The molecule has 2 rings (SSSR count). The predicted molar refractivity (Wildman–Crippen MR) is 102 cm³/mol. The van der Waals surface area contributed by atoms with Crippen molar-refractivity contribution < 1.29 is 4.74 Å². The summed E-state index contributed by atoms with van der Waals surface area (Å²) >= 11 is 8.46. The van der Waals surface area contributed by atoms with E-state index in [9.17, 15) is 0 Å². The number of halogens is 1. The van der Waals surface area contributed by atoms with Crippen LogP contribution in [0.2, 0.25) is 0 Å². The summed E-state index contributed by atoms with van der Waals surface area (Å²) in [5, 5.41) is 7.56. The van der Waals surface area contributed by atoms with E-state index in [-0.39, 0.29) is 0 Å². The number of hydrazone groups is 1. The Morgan fingerprint density at radius 1 is 1.26 bits per heavy atom. The molecule has 4 nitrogen and oxygen atoms in total. The van der Waals surface area contributed by atoms with Crippen LogP contribution in [-0.4, -0.2) is 17.9 Å². The Hall–Kier alpha value is -1.92. The van der Waals surface area contributed by atoms with E-state index >= 15 is 0 Å². The number of nitrogens with one attached hydrogen (secondary N) is 2. The Bertz CT molecular complexity index is 674. The Labute approximate surface area is 150 Å². The summed E-state index contributed by atoms with van der Waals surface area (Å²) in [5.41, 5.74) is 4.81. The average molecular weight is 392 g/mol. The lowest BCUT2D eigenvalue weighted by molar-refractivity contribution is 0.306. The Balaban J connectivity index is 1.90. The summed E-state index contributed by atoms with van der Waals surface area (Å²) in [6.07, 6.45) is 1.70. The first kappa shape index (κ1) is 17.4. The molecule has 0 heterocycles.